The molecule has 22 heavy (non-hydrogen) atoms. The zero-order valence-corrected chi connectivity index (χ0v) is 12.6. The SMILES string of the molecule is CC(=O)N1CCc2c(c(-c3cccc4[nH]cnc34)nn2C)C1. The summed E-state index contributed by atoms with van der Waals surface area (Å²) in [5.74, 6) is 0.110. The molecule has 1 N–H and O–H groups in total. The molecule has 1 aliphatic heterocycles. The first-order chi connectivity index (χ1) is 10.6. The van der Waals surface area contributed by atoms with E-state index >= 15 is 0 Å². The fourth-order valence-electron chi connectivity index (χ4n) is 3.23. The summed E-state index contributed by atoms with van der Waals surface area (Å²) in [6, 6.07) is 6.05. The molecule has 112 valence electrons. The largest absolute Gasteiger partial charge is 0.345 e. The van der Waals surface area contributed by atoms with Crippen LogP contribution in [0, 0.1) is 0 Å². The predicted molar refractivity (Wildman–Crippen MR) is 83.1 cm³/mol. The zero-order chi connectivity index (χ0) is 15.3. The van der Waals surface area contributed by atoms with Crippen molar-refractivity contribution in [1.29, 1.82) is 0 Å². The molecule has 0 fully saturated rings. The first-order valence-electron chi connectivity index (χ1n) is 7.38. The summed E-state index contributed by atoms with van der Waals surface area (Å²) in [5, 5.41) is 4.71. The Morgan fingerprint density at radius 3 is 3.05 bits per heavy atom. The van der Waals surface area contributed by atoms with Gasteiger partial charge >= 0.3 is 0 Å². The standard InChI is InChI=1S/C16H17N5O/c1-10(22)21-7-6-14-12(8-21)15(19-20(14)2)11-4-3-5-13-16(11)18-9-17-13/h3-5,9H,6-8H2,1-2H3,(H,17,18). The molecule has 1 aromatic carbocycles. The van der Waals surface area contributed by atoms with Gasteiger partial charge in [-0.1, -0.05) is 12.1 Å². The fourth-order valence-corrected chi connectivity index (χ4v) is 3.23. The Morgan fingerprint density at radius 2 is 2.23 bits per heavy atom. The molecule has 2 aromatic heterocycles. The van der Waals surface area contributed by atoms with Crippen LogP contribution in [0.15, 0.2) is 24.5 Å². The number of nitrogens with one attached hydrogen (secondary N) is 1. The molecule has 3 aromatic rings. The van der Waals surface area contributed by atoms with Crippen LogP contribution in [0.5, 0.6) is 0 Å². The number of nitrogens with zero attached hydrogens (tertiary/aromatic N) is 4. The van der Waals surface area contributed by atoms with E-state index in [1.165, 1.54) is 5.69 Å². The summed E-state index contributed by atoms with van der Waals surface area (Å²) < 4.78 is 1.94. The number of amides is 1. The molecule has 6 heteroatoms. The number of aromatic nitrogens is 4. The highest BCUT2D eigenvalue weighted by Crippen LogP contribution is 2.32. The monoisotopic (exact) mass is 295 g/mol. The van der Waals surface area contributed by atoms with E-state index in [2.05, 4.69) is 9.97 Å². The van der Waals surface area contributed by atoms with Gasteiger partial charge in [0.05, 0.1) is 23.1 Å². The minimum absolute atomic E-state index is 0.110. The fraction of sp³-hybridized carbons (Fsp3) is 0.312. The second-order valence-corrected chi connectivity index (χ2v) is 5.69. The third-order valence-electron chi connectivity index (χ3n) is 4.39. The Bertz CT molecular complexity index is 876. The number of benzene rings is 1. The Morgan fingerprint density at radius 1 is 1.36 bits per heavy atom. The van der Waals surface area contributed by atoms with E-state index in [0.717, 1.165) is 40.8 Å². The minimum Gasteiger partial charge on any atom is -0.345 e. The summed E-state index contributed by atoms with van der Waals surface area (Å²) >= 11 is 0. The van der Waals surface area contributed by atoms with Crippen LogP contribution in [0.1, 0.15) is 18.2 Å². The second kappa shape index (κ2) is 4.69. The highest BCUT2D eigenvalue weighted by Gasteiger charge is 2.26. The first-order valence-corrected chi connectivity index (χ1v) is 7.38. The van der Waals surface area contributed by atoms with E-state index in [-0.39, 0.29) is 5.91 Å². The van der Waals surface area contributed by atoms with Crippen molar-refractivity contribution in [3.8, 4) is 11.3 Å². The number of rotatable bonds is 1. The Labute approximate surface area is 127 Å². The number of carbonyl (C=O) groups excluding carboxylic acids is 1. The van der Waals surface area contributed by atoms with Crippen molar-refractivity contribution in [2.24, 2.45) is 7.05 Å². The molecule has 0 saturated heterocycles. The second-order valence-electron chi connectivity index (χ2n) is 5.69. The average Bonchev–Trinajstić information content (AvgIpc) is 3.11. The smallest absolute Gasteiger partial charge is 0.219 e. The molecule has 0 atom stereocenters. The molecular formula is C16H17N5O. The van der Waals surface area contributed by atoms with Gasteiger partial charge in [-0.3, -0.25) is 9.48 Å². The quantitative estimate of drug-likeness (QED) is 0.745. The molecule has 0 unspecified atom stereocenters. The molecule has 0 aliphatic carbocycles. The van der Waals surface area contributed by atoms with Gasteiger partial charge in [0, 0.05) is 50.3 Å². The van der Waals surface area contributed by atoms with Crippen LogP contribution < -0.4 is 0 Å². The van der Waals surface area contributed by atoms with Gasteiger partial charge in [0.15, 0.2) is 0 Å². The van der Waals surface area contributed by atoms with Crippen LogP contribution in [0.4, 0.5) is 0 Å². The van der Waals surface area contributed by atoms with Crippen LogP contribution >= 0.6 is 0 Å². The molecule has 3 heterocycles. The summed E-state index contributed by atoms with van der Waals surface area (Å²) in [4.78, 5) is 21.1. The highest BCUT2D eigenvalue weighted by molar-refractivity contribution is 5.91. The van der Waals surface area contributed by atoms with Crippen LogP contribution in [0.2, 0.25) is 0 Å². The van der Waals surface area contributed by atoms with Crippen molar-refractivity contribution >= 4 is 16.9 Å². The number of aromatic amines is 1. The van der Waals surface area contributed by atoms with Crippen LogP contribution in [0.25, 0.3) is 22.3 Å². The van der Waals surface area contributed by atoms with Crippen LogP contribution in [-0.4, -0.2) is 37.1 Å². The van der Waals surface area contributed by atoms with Crippen LogP contribution in [0.3, 0.4) is 0 Å². The van der Waals surface area contributed by atoms with E-state index < -0.39 is 0 Å². The molecule has 0 saturated carbocycles. The van der Waals surface area contributed by atoms with Gasteiger partial charge in [0.25, 0.3) is 0 Å². The number of hydrogen-bond donors (Lipinski definition) is 1. The van der Waals surface area contributed by atoms with Crippen molar-refractivity contribution in [3.63, 3.8) is 0 Å². The number of hydrogen-bond acceptors (Lipinski definition) is 3. The van der Waals surface area contributed by atoms with Gasteiger partial charge in [0.1, 0.15) is 0 Å². The number of carbonyl (C=O) groups is 1. The molecule has 1 aliphatic rings. The molecular weight excluding hydrogens is 278 g/mol. The molecule has 0 radical (unpaired) electrons. The van der Waals surface area contributed by atoms with E-state index in [1.54, 1.807) is 13.3 Å². The van der Waals surface area contributed by atoms with Crippen molar-refractivity contribution in [2.45, 2.75) is 19.9 Å². The number of para-hydroxylation sites is 1. The number of aryl methyl sites for hydroxylation is 1. The lowest BCUT2D eigenvalue weighted by atomic mass is 10.00. The molecule has 6 nitrogen and oxygen atoms in total. The third-order valence-corrected chi connectivity index (χ3v) is 4.39. The van der Waals surface area contributed by atoms with Crippen molar-refractivity contribution in [1.82, 2.24) is 24.6 Å². The van der Waals surface area contributed by atoms with Gasteiger partial charge in [0.2, 0.25) is 5.91 Å². The van der Waals surface area contributed by atoms with E-state index in [1.807, 2.05) is 34.8 Å². The maximum Gasteiger partial charge on any atom is 0.219 e. The Kier molecular flexibility index (Phi) is 2.79. The molecule has 0 bridgehead atoms. The minimum atomic E-state index is 0.110. The third kappa shape index (κ3) is 1.83. The Balaban J connectivity index is 1.90. The number of fused-ring (bicyclic) bond motifs is 2. The number of H-pyrrole nitrogens is 1. The van der Waals surface area contributed by atoms with Gasteiger partial charge < -0.3 is 9.88 Å². The lowest BCUT2D eigenvalue weighted by Gasteiger charge is -2.26. The average molecular weight is 295 g/mol. The van der Waals surface area contributed by atoms with Gasteiger partial charge in [-0.15, -0.1) is 0 Å². The van der Waals surface area contributed by atoms with Gasteiger partial charge in [-0.2, -0.15) is 5.10 Å². The molecule has 0 spiro atoms. The summed E-state index contributed by atoms with van der Waals surface area (Å²) in [5.41, 5.74) is 6.21. The van der Waals surface area contributed by atoms with Gasteiger partial charge in [-0.25, -0.2) is 4.98 Å². The lowest BCUT2D eigenvalue weighted by molar-refractivity contribution is -0.129. The van der Waals surface area contributed by atoms with Crippen molar-refractivity contribution < 1.29 is 4.79 Å². The lowest BCUT2D eigenvalue weighted by Crippen LogP contribution is -2.34. The molecule has 1 amide bonds. The van der Waals surface area contributed by atoms with Crippen molar-refractivity contribution in [2.75, 3.05) is 6.54 Å². The van der Waals surface area contributed by atoms with E-state index in [9.17, 15) is 4.79 Å². The topological polar surface area (TPSA) is 66.8 Å². The normalized spacial score (nSPS) is 14.4. The Hall–Kier alpha value is -2.63. The first kappa shape index (κ1) is 13.1. The predicted octanol–water partition coefficient (Wildman–Crippen LogP) is 1.87. The summed E-state index contributed by atoms with van der Waals surface area (Å²) in [6.07, 6.45) is 2.54. The van der Waals surface area contributed by atoms with E-state index in [4.69, 9.17) is 5.10 Å². The maximum absolute atomic E-state index is 11.7. The maximum atomic E-state index is 11.7. The number of imidazole rings is 1. The van der Waals surface area contributed by atoms with E-state index in [0.29, 0.717) is 6.54 Å². The zero-order valence-electron chi connectivity index (χ0n) is 12.6. The van der Waals surface area contributed by atoms with Crippen molar-refractivity contribution in [3.05, 3.63) is 35.8 Å². The molecule has 4 rings (SSSR count). The van der Waals surface area contributed by atoms with Gasteiger partial charge in [-0.05, 0) is 6.07 Å². The highest BCUT2D eigenvalue weighted by atomic mass is 16.2. The summed E-state index contributed by atoms with van der Waals surface area (Å²) in [6.45, 7) is 3.00. The summed E-state index contributed by atoms with van der Waals surface area (Å²) in [7, 11) is 1.97. The van der Waals surface area contributed by atoms with Crippen LogP contribution in [-0.2, 0) is 24.8 Å².